The number of carbonyl (C=O) groups excluding carboxylic acids is 2. The van der Waals surface area contributed by atoms with Gasteiger partial charge in [0.25, 0.3) is 5.91 Å². The average Bonchev–Trinajstić information content (AvgIpc) is 2.97. The number of Topliss-reactive ketones (excluding diaryl/α,β-unsaturated/α-hetero) is 1. The maximum absolute atomic E-state index is 12.6. The van der Waals surface area contributed by atoms with Crippen LogP contribution in [0.2, 0.25) is 5.02 Å². The summed E-state index contributed by atoms with van der Waals surface area (Å²) in [5.41, 5.74) is 2.24. The fourth-order valence-corrected chi connectivity index (χ4v) is 2.74. The molecule has 1 N–H and O–H groups in total. The zero-order chi connectivity index (χ0) is 18.0. The first kappa shape index (κ1) is 17.0. The molecule has 0 spiro atoms. The van der Waals surface area contributed by atoms with E-state index in [9.17, 15) is 9.59 Å². The van der Waals surface area contributed by atoms with Crippen molar-refractivity contribution < 1.29 is 14.0 Å². The van der Waals surface area contributed by atoms with E-state index in [4.69, 9.17) is 16.0 Å². The Morgan fingerprint density at radius 3 is 2.52 bits per heavy atom. The number of ketones is 1. The minimum Gasteiger partial charge on any atom is -0.460 e. The molecular weight excluding hydrogens is 338 g/mol. The van der Waals surface area contributed by atoms with Gasteiger partial charge in [-0.2, -0.15) is 0 Å². The Morgan fingerprint density at radius 2 is 1.80 bits per heavy atom. The van der Waals surface area contributed by atoms with E-state index >= 15 is 0 Å². The van der Waals surface area contributed by atoms with Gasteiger partial charge in [0.2, 0.25) is 0 Å². The number of carbonyl (C=O) groups is 2. The van der Waals surface area contributed by atoms with E-state index in [1.54, 1.807) is 43.3 Å². The Bertz CT molecular complexity index is 959. The number of anilines is 1. The van der Waals surface area contributed by atoms with Crippen LogP contribution in [-0.4, -0.2) is 11.7 Å². The van der Waals surface area contributed by atoms with Gasteiger partial charge in [0.15, 0.2) is 5.78 Å². The minimum atomic E-state index is -0.305. The summed E-state index contributed by atoms with van der Waals surface area (Å²) in [5.74, 6) is 0.665. The lowest BCUT2D eigenvalue weighted by atomic mass is 10.1. The first-order chi connectivity index (χ1) is 12.0. The normalized spacial score (nSPS) is 10.5. The predicted octanol–water partition coefficient (Wildman–Crippen LogP) is 5.36. The van der Waals surface area contributed by atoms with Crippen molar-refractivity contribution in [3.05, 3.63) is 76.5 Å². The van der Waals surface area contributed by atoms with Crippen LogP contribution >= 0.6 is 11.6 Å². The zero-order valence-electron chi connectivity index (χ0n) is 13.8. The van der Waals surface area contributed by atoms with Crippen molar-refractivity contribution >= 4 is 29.0 Å². The van der Waals surface area contributed by atoms with Gasteiger partial charge < -0.3 is 9.73 Å². The van der Waals surface area contributed by atoms with Gasteiger partial charge in [0, 0.05) is 16.8 Å². The van der Waals surface area contributed by atoms with Crippen LogP contribution in [0.15, 0.2) is 59.0 Å². The Labute approximate surface area is 150 Å². The largest absolute Gasteiger partial charge is 0.460 e. The monoisotopic (exact) mass is 353 g/mol. The number of halogens is 1. The molecule has 0 bridgehead atoms. The summed E-state index contributed by atoms with van der Waals surface area (Å²) in [6, 6.07) is 15.8. The van der Waals surface area contributed by atoms with Crippen molar-refractivity contribution in [3.63, 3.8) is 0 Å². The molecule has 0 fully saturated rings. The summed E-state index contributed by atoms with van der Waals surface area (Å²) in [7, 11) is 0. The van der Waals surface area contributed by atoms with E-state index in [1.807, 2.05) is 18.2 Å². The summed E-state index contributed by atoms with van der Waals surface area (Å²) >= 11 is 6.18. The third-order valence-electron chi connectivity index (χ3n) is 3.83. The van der Waals surface area contributed by atoms with Crippen LogP contribution in [0.5, 0.6) is 0 Å². The lowest BCUT2D eigenvalue weighted by Crippen LogP contribution is -2.12. The highest BCUT2D eigenvalue weighted by molar-refractivity contribution is 6.33. The van der Waals surface area contributed by atoms with Gasteiger partial charge in [-0.05, 0) is 44.2 Å². The molecule has 1 amide bonds. The summed E-state index contributed by atoms with van der Waals surface area (Å²) in [5, 5.41) is 3.34. The molecule has 4 nitrogen and oxygen atoms in total. The van der Waals surface area contributed by atoms with Crippen LogP contribution in [0.25, 0.3) is 11.3 Å². The number of amides is 1. The van der Waals surface area contributed by atoms with Crippen molar-refractivity contribution in [2.75, 3.05) is 5.32 Å². The van der Waals surface area contributed by atoms with Crippen molar-refractivity contribution in [3.8, 4) is 11.3 Å². The maximum atomic E-state index is 12.6. The van der Waals surface area contributed by atoms with E-state index in [0.717, 1.165) is 5.56 Å². The average molecular weight is 354 g/mol. The van der Waals surface area contributed by atoms with E-state index in [0.29, 0.717) is 33.4 Å². The molecule has 0 radical (unpaired) electrons. The van der Waals surface area contributed by atoms with Crippen LogP contribution < -0.4 is 5.32 Å². The van der Waals surface area contributed by atoms with Crippen molar-refractivity contribution in [2.45, 2.75) is 13.8 Å². The third kappa shape index (κ3) is 3.64. The number of aryl methyl sites for hydroxylation is 1. The van der Waals surface area contributed by atoms with E-state index < -0.39 is 0 Å². The Hall–Kier alpha value is -2.85. The summed E-state index contributed by atoms with van der Waals surface area (Å²) in [6.07, 6.45) is 0. The van der Waals surface area contributed by atoms with Crippen LogP contribution in [0.3, 0.4) is 0 Å². The minimum absolute atomic E-state index is 0.0587. The smallest absolute Gasteiger partial charge is 0.259 e. The van der Waals surface area contributed by atoms with Gasteiger partial charge in [-0.15, -0.1) is 0 Å². The number of hydrogen-bond acceptors (Lipinski definition) is 3. The fourth-order valence-electron chi connectivity index (χ4n) is 2.52. The topological polar surface area (TPSA) is 59.3 Å². The zero-order valence-corrected chi connectivity index (χ0v) is 14.6. The van der Waals surface area contributed by atoms with Crippen molar-refractivity contribution in [2.24, 2.45) is 0 Å². The lowest BCUT2D eigenvalue weighted by Gasteiger charge is -2.05. The molecule has 0 saturated carbocycles. The molecule has 5 heteroatoms. The number of benzene rings is 2. The van der Waals surface area contributed by atoms with E-state index in [2.05, 4.69) is 5.32 Å². The Balaban J connectivity index is 1.87. The number of rotatable bonds is 4. The fraction of sp³-hybridized carbons (Fsp3) is 0.100. The Kier molecular flexibility index (Phi) is 4.72. The maximum Gasteiger partial charge on any atom is 0.259 e. The van der Waals surface area contributed by atoms with Crippen LogP contribution in [-0.2, 0) is 0 Å². The molecule has 3 rings (SSSR count). The van der Waals surface area contributed by atoms with Crippen molar-refractivity contribution in [1.82, 2.24) is 0 Å². The summed E-state index contributed by atoms with van der Waals surface area (Å²) in [6.45, 7) is 3.21. The molecule has 0 unspecified atom stereocenters. The number of nitrogens with one attached hydrogen (secondary N) is 1. The molecular formula is C20H16ClNO3. The van der Waals surface area contributed by atoms with E-state index in [1.165, 1.54) is 6.92 Å². The van der Waals surface area contributed by atoms with Crippen LogP contribution in [0.4, 0.5) is 5.69 Å². The summed E-state index contributed by atoms with van der Waals surface area (Å²) in [4.78, 5) is 24.0. The molecule has 0 aliphatic rings. The van der Waals surface area contributed by atoms with Gasteiger partial charge >= 0.3 is 0 Å². The molecule has 2 aromatic carbocycles. The van der Waals surface area contributed by atoms with Gasteiger partial charge in [0.1, 0.15) is 11.5 Å². The van der Waals surface area contributed by atoms with Crippen molar-refractivity contribution in [1.29, 1.82) is 0 Å². The SMILES string of the molecule is CC(=O)c1cccc(NC(=O)c2cc(-c3ccccc3Cl)oc2C)c1. The van der Waals surface area contributed by atoms with Crippen LogP contribution in [0, 0.1) is 6.92 Å². The summed E-state index contributed by atoms with van der Waals surface area (Å²) < 4.78 is 5.70. The molecule has 3 aromatic rings. The highest BCUT2D eigenvalue weighted by Gasteiger charge is 2.17. The van der Waals surface area contributed by atoms with E-state index in [-0.39, 0.29) is 11.7 Å². The first-order valence-corrected chi connectivity index (χ1v) is 8.11. The highest BCUT2D eigenvalue weighted by Crippen LogP contribution is 2.31. The lowest BCUT2D eigenvalue weighted by molar-refractivity contribution is 0.101. The van der Waals surface area contributed by atoms with Gasteiger partial charge in [0.05, 0.1) is 10.6 Å². The molecule has 0 aliphatic heterocycles. The molecule has 1 heterocycles. The predicted molar refractivity (Wildman–Crippen MR) is 98.3 cm³/mol. The quantitative estimate of drug-likeness (QED) is 0.642. The first-order valence-electron chi connectivity index (χ1n) is 7.73. The second kappa shape index (κ2) is 6.95. The van der Waals surface area contributed by atoms with Crippen LogP contribution in [0.1, 0.15) is 33.4 Å². The van der Waals surface area contributed by atoms with Gasteiger partial charge in [-0.1, -0.05) is 35.9 Å². The molecule has 0 aliphatic carbocycles. The molecule has 1 aromatic heterocycles. The standard InChI is InChI=1S/C20H16ClNO3/c1-12(23)14-6-5-7-15(10-14)22-20(24)17-11-19(25-13(17)2)16-8-3-4-9-18(16)21/h3-11H,1-2H3,(H,22,24). The number of furan rings is 1. The van der Waals surface area contributed by atoms with Gasteiger partial charge in [-0.25, -0.2) is 0 Å². The molecule has 0 atom stereocenters. The Morgan fingerprint density at radius 1 is 1.04 bits per heavy atom. The molecule has 126 valence electrons. The second-order valence-electron chi connectivity index (χ2n) is 5.65. The third-order valence-corrected chi connectivity index (χ3v) is 4.16. The second-order valence-corrected chi connectivity index (χ2v) is 6.06. The van der Waals surface area contributed by atoms with Gasteiger partial charge in [-0.3, -0.25) is 9.59 Å². The highest BCUT2D eigenvalue weighted by atomic mass is 35.5. The molecule has 25 heavy (non-hydrogen) atoms. The molecule has 0 saturated heterocycles. The number of hydrogen-bond donors (Lipinski definition) is 1.